The van der Waals surface area contributed by atoms with Crippen molar-refractivity contribution in [3.8, 4) is 11.5 Å². The van der Waals surface area contributed by atoms with Gasteiger partial charge in [0.15, 0.2) is 5.82 Å². The minimum absolute atomic E-state index is 0.0895. The predicted octanol–water partition coefficient (Wildman–Crippen LogP) is 3.81. The summed E-state index contributed by atoms with van der Waals surface area (Å²) in [5, 5.41) is 3.92. The van der Waals surface area contributed by atoms with Crippen LogP contribution in [0, 0.1) is 5.82 Å². The van der Waals surface area contributed by atoms with Gasteiger partial charge in [0, 0.05) is 16.5 Å². The maximum Gasteiger partial charge on any atom is 0.258 e. The Kier molecular flexibility index (Phi) is 3.70. The summed E-state index contributed by atoms with van der Waals surface area (Å²) in [6.07, 6.45) is 0.530. The van der Waals surface area contributed by atoms with Gasteiger partial charge in [-0.2, -0.15) is 4.98 Å². The van der Waals surface area contributed by atoms with Crippen molar-refractivity contribution in [3.63, 3.8) is 0 Å². The zero-order valence-electron chi connectivity index (χ0n) is 10.9. The zero-order chi connectivity index (χ0) is 14.8. The highest BCUT2D eigenvalue weighted by atomic mass is 79.9. The molecule has 1 aromatic heterocycles. The van der Waals surface area contributed by atoms with E-state index in [9.17, 15) is 4.39 Å². The highest BCUT2D eigenvalue weighted by Gasteiger charge is 2.12. The van der Waals surface area contributed by atoms with E-state index in [0.717, 1.165) is 10.0 Å². The number of halogens is 2. The molecule has 3 aromatic rings. The highest BCUT2D eigenvalue weighted by molar-refractivity contribution is 9.10. The summed E-state index contributed by atoms with van der Waals surface area (Å²) in [6.45, 7) is 0. The molecule has 0 atom stereocenters. The average molecular weight is 348 g/mol. The van der Waals surface area contributed by atoms with E-state index in [-0.39, 0.29) is 11.6 Å². The van der Waals surface area contributed by atoms with Crippen LogP contribution in [-0.2, 0) is 6.42 Å². The van der Waals surface area contributed by atoms with E-state index in [4.69, 9.17) is 10.3 Å². The third-order valence-corrected chi connectivity index (χ3v) is 3.80. The molecule has 0 aliphatic carbocycles. The smallest absolute Gasteiger partial charge is 0.258 e. The van der Waals surface area contributed by atoms with E-state index >= 15 is 0 Å². The topological polar surface area (TPSA) is 64.9 Å². The second-order valence-electron chi connectivity index (χ2n) is 4.52. The molecular weight excluding hydrogens is 337 g/mol. The molecule has 0 saturated heterocycles. The summed E-state index contributed by atoms with van der Waals surface area (Å²) in [6, 6.07) is 12.2. The van der Waals surface area contributed by atoms with Crippen LogP contribution in [0.2, 0.25) is 0 Å². The van der Waals surface area contributed by atoms with Crippen molar-refractivity contribution in [2.45, 2.75) is 6.42 Å². The summed E-state index contributed by atoms with van der Waals surface area (Å²) in [7, 11) is 0. The molecule has 2 aromatic carbocycles. The van der Waals surface area contributed by atoms with Crippen molar-refractivity contribution in [2.24, 2.45) is 0 Å². The molecule has 2 N–H and O–H groups in total. The SMILES string of the molecule is Nc1ccc(-c2nc(Cc3ccccc3Br)no2)cc1F. The Labute approximate surface area is 128 Å². The molecule has 0 spiro atoms. The van der Waals surface area contributed by atoms with Crippen LogP contribution in [-0.4, -0.2) is 10.1 Å². The Morgan fingerprint density at radius 2 is 2.00 bits per heavy atom. The number of aromatic nitrogens is 2. The normalized spacial score (nSPS) is 10.8. The largest absolute Gasteiger partial charge is 0.396 e. The molecule has 21 heavy (non-hydrogen) atoms. The Bertz CT molecular complexity index is 788. The first-order valence-corrected chi connectivity index (χ1v) is 7.04. The van der Waals surface area contributed by atoms with Crippen LogP contribution in [0.5, 0.6) is 0 Å². The molecule has 0 radical (unpaired) electrons. The van der Waals surface area contributed by atoms with Crippen LogP contribution in [0.25, 0.3) is 11.5 Å². The van der Waals surface area contributed by atoms with Gasteiger partial charge in [0.2, 0.25) is 0 Å². The van der Waals surface area contributed by atoms with Crippen molar-refractivity contribution >= 4 is 21.6 Å². The van der Waals surface area contributed by atoms with Crippen molar-refractivity contribution in [1.29, 1.82) is 0 Å². The van der Waals surface area contributed by atoms with Gasteiger partial charge in [-0.25, -0.2) is 4.39 Å². The fourth-order valence-electron chi connectivity index (χ4n) is 1.92. The molecule has 1 heterocycles. The quantitative estimate of drug-likeness (QED) is 0.731. The van der Waals surface area contributed by atoms with Crippen molar-refractivity contribution in [1.82, 2.24) is 10.1 Å². The molecule has 6 heteroatoms. The summed E-state index contributed by atoms with van der Waals surface area (Å²) in [4.78, 5) is 4.28. The number of nitrogen functional groups attached to an aromatic ring is 1. The van der Waals surface area contributed by atoms with Crippen LogP contribution in [0.15, 0.2) is 51.5 Å². The predicted molar refractivity (Wildman–Crippen MR) is 81.1 cm³/mol. The fraction of sp³-hybridized carbons (Fsp3) is 0.0667. The van der Waals surface area contributed by atoms with E-state index in [1.807, 2.05) is 24.3 Å². The van der Waals surface area contributed by atoms with E-state index in [2.05, 4.69) is 26.1 Å². The lowest BCUT2D eigenvalue weighted by molar-refractivity contribution is 0.423. The fourth-order valence-corrected chi connectivity index (χ4v) is 2.34. The molecular formula is C15H11BrFN3O. The van der Waals surface area contributed by atoms with Crippen LogP contribution >= 0.6 is 15.9 Å². The van der Waals surface area contributed by atoms with Crippen LogP contribution in [0.4, 0.5) is 10.1 Å². The second kappa shape index (κ2) is 5.65. The highest BCUT2D eigenvalue weighted by Crippen LogP contribution is 2.23. The number of hydrogen-bond acceptors (Lipinski definition) is 4. The molecule has 0 fully saturated rings. The van der Waals surface area contributed by atoms with Crippen LogP contribution < -0.4 is 5.73 Å². The van der Waals surface area contributed by atoms with Crippen molar-refractivity contribution in [3.05, 3.63) is 64.1 Å². The monoisotopic (exact) mass is 347 g/mol. The first-order chi connectivity index (χ1) is 10.1. The van der Waals surface area contributed by atoms with Gasteiger partial charge in [-0.15, -0.1) is 0 Å². The van der Waals surface area contributed by atoms with Gasteiger partial charge in [0.1, 0.15) is 5.82 Å². The number of hydrogen-bond donors (Lipinski definition) is 1. The van der Waals surface area contributed by atoms with Gasteiger partial charge < -0.3 is 10.3 Å². The Balaban J connectivity index is 1.86. The summed E-state index contributed by atoms with van der Waals surface area (Å²) in [5.74, 6) is 0.308. The van der Waals surface area contributed by atoms with E-state index in [1.54, 1.807) is 6.07 Å². The molecule has 0 aliphatic heterocycles. The van der Waals surface area contributed by atoms with Gasteiger partial charge in [0.25, 0.3) is 5.89 Å². The number of benzene rings is 2. The minimum Gasteiger partial charge on any atom is -0.396 e. The number of rotatable bonds is 3. The average Bonchev–Trinajstić information content (AvgIpc) is 2.93. The number of anilines is 1. The summed E-state index contributed by atoms with van der Waals surface area (Å²) >= 11 is 3.47. The van der Waals surface area contributed by atoms with Gasteiger partial charge in [-0.05, 0) is 29.8 Å². The lowest BCUT2D eigenvalue weighted by Crippen LogP contribution is -1.92. The van der Waals surface area contributed by atoms with Crippen LogP contribution in [0.3, 0.4) is 0 Å². The van der Waals surface area contributed by atoms with E-state index in [0.29, 0.717) is 17.8 Å². The number of nitrogens with two attached hydrogens (primary N) is 1. The molecule has 0 bridgehead atoms. The Morgan fingerprint density at radius 1 is 1.19 bits per heavy atom. The molecule has 0 saturated carbocycles. The third-order valence-electron chi connectivity index (χ3n) is 3.02. The van der Waals surface area contributed by atoms with Crippen molar-refractivity contribution in [2.75, 3.05) is 5.73 Å². The second-order valence-corrected chi connectivity index (χ2v) is 5.37. The summed E-state index contributed by atoms with van der Waals surface area (Å²) < 4.78 is 19.6. The van der Waals surface area contributed by atoms with Gasteiger partial charge in [-0.1, -0.05) is 39.3 Å². The molecule has 4 nitrogen and oxygen atoms in total. The molecule has 106 valence electrons. The third kappa shape index (κ3) is 2.95. The standard InChI is InChI=1S/C15H11BrFN3O/c16-11-4-2-1-3-9(11)8-14-19-15(21-20-14)10-5-6-13(18)12(17)7-10/h1-7H,8,18H2. The molecule has 0 unspecified atom stereocenters. The lowest BCUT2D eigenvalue weighted by Gasteiger charge is -1.99. The van der Waals surface area contributed by atoms with Crippen LogP contribution in [0.1, 0.15) is 11.4 Å². The van der Waals surface area contributed by atoms with Gasteiger partial charge in [-0.3, -0.25) is 0 Å². The van der Waals surface area contributed by atoms with Gasteiger partial charge in [0.05, 0.1) is 5.69 Å². The Hall–Kier alpha value is -2.21. The Morgan fingerprint density at radius 3 is 2.76 bits per heavy atom. The summed E-state index contributed by atoms with van der Waals surface area (Å²) in [5.41, 5.74) is 7.09. The lowest BCUT2D eigenvalue weighted by atomic mass is 10.1. The van der Waals surface area contributed by atoms with E-state index < -0.39 is 5.82 Å². The first kappa shape index (κ1) is 13.8. The maximum atomic E-state index is 13.5. The molecule has 3 rings (SSSR count). The maximum absolute atomic E-state index is 13.5. The first-order valence-electron chi connectivity index (χ1n) is 6.25. The van der Waals surface area contributed by atoms with E-state index in [1.165, 1.54) is 12.1 Å². The minimum atomic E-state index is -0.502. The van der Waals surface area contributed by atoms with Crippen molar-refractivity contribution < 1.29 is 8.91 Å². The molecule has 0 aliphatic rings. The number of nitrogens with zero attached hydrogens (tertiary/aromatic N) is 2. The molecule has 0 amide bonds. The van der Waals surface area contributed by atoms with Gasteiger partial charge >= 0.3 is 0 Å². The zero-order valence-corrected chi connectivity index (χ0v) is 12.5.